The maximum absolute atomic E-state index is 10.2. The number of carboxylic acid groups (broad SMARTS) is 1. The monoisotopic (exact) mass is 254 g/mol. The van der Waals surface area contributed by atoms with E-state index in [0.29, 0.717) is 0 Å². The minimum Gasteiger partial charge on any atom is -0.478 e. The lowest BCUT2D eigenvalue weighted by molar-refractivity contribution is -0.131. The topological polar surface area (TPSA) is 37.3 Å². The van der Waals surface area contributed by atoms with E-state index in [4.69, 9.17) is 5.11 Å². The van der Waals surface area contributed by atoms with E-state index < -0.39 is 5.97 Å². The largest absolute Gasteiger partial charge is 0.478 e. The fourth-order valence-corrected chi connectivity index (χ4v) is 1.57. The van der Waals surface area contributed by atoms with Crippen LogP contribution in [0.1, 0.15) is 12.0 Å². The molecule has 2 nitrogen and oxygen atoms in total. The summed E-state index contributed by atoms with van der Waals surface area (Å²) in [5.74, 6) is -0.890. The average Bonchev–Trinajstić information content (AvgIpc) is 2.12. The summed E-state index contributed by atoms with van der Waals surface area (Å²) in [5, 5.41) is 8.36. The number of carbonyl (C=O) groups is 1. The van der Waals surface area contributed by atoms with Crippen molar-refractivity contribution in [1.29, 1.82) is 0 Å². The standard InChI is InChI=1S/C11H11BrO2/c12-10-6-3-5-9(8-10)4-1-2-7-11(13)14/h2-3,5-8H,1,4H2,(H,13,14). The first-order valence-electron chi connectivity index (χ1n) is 4.32. The number of halogens is 1. The maximum atomic E-state index is 10.2. The predicted molar refractivity (Wildman–Crippen MR) is 59.2 cm³/mol. The van der Waals surface area contributed by atoms with Crippen LogP contribution in [0.2, 0.25) is 0 Å². The lowest BCUT2D eigenvalue weighted by Gasteiger charge is -1.98. The van der Waals surface area contributed by atoms with Gasteiger partial charge in [0.15, 0.2) is 0 Å². The van der Waals surface area contributed by atoms with Crippen molar-refractivity contribution in [2.45, 2.75) is 12.8 Å². The van der Waals surface area contributed by atoms with E-state index in [9.17, 15) is 4.79 Å². The number of carboxylic acids is 1. The van der Waals surface area contributed by atoms with E-state index >= 15 is 0 Å². The molecule has 3 heteroatoms. The minimum absolute atomic E-state index is 0.753. The molecule has 0 bridgehead atoms. The maximum Gasteiger partial charge on any atom is 0.327 e. The van der Waals surface area contributed by atoms with Gasteiger partial charge in [0.1, 0.15) is 0 Å². The fourth-order valence-electron chi connectivity index (χ4n) is 1.13. The Morgan fingerprint density at radius 3 is 2.93 bits per heavy atom. The van der Waals surface area contributed by atoms with Crippen LogP contribution < -0.4 is 0 Å². The first-order valence-corrected chi connectivity index (χ1v) is 5.11. The molecule has 1 aromatic carbocycles. The number of hydrogen-bond acceptors (Lipinski definition) is 1. The molecule has 0 saturated heterocycles. The molecule has 0 spiro atoms. The number of allylic oxidation sites excluding steroid dienone is 1. The van der Waals surface area contributed by atoms with Crippen molar-refractivity contribution in [3.63, 3.8) is 0 Å². The Morgan fingerprint density at radius 2 is 2.29 bits per heavy atom. The summed E-state index contributed by atoms with van der Waals surface area (Å²) in [5.41, 5.74) is 1.20. The highest BCUT2D eigenvalue weighted by Gasteiger charge is 1.92. The second-order valence-electron chi connectivity index (χ2n) is 2.91. The summed E-state index contributed by atoms with van der Waals surface area (Å²) < 4.78 is 1.05. The van der Waals surface area contributed by atoms with Gasteiger partial charge >= 0.3 is 5.97 Å². The van der Waals surface area contributed by atoms with E-state index in [1.807, 2.05) is 24.3 Å². The highest BCUT2D eigenvalue weighted by Crippen LogP contribution is 2.12. The zero-order valence-corrected chi connectivity index (χ0v) is 9.20. The second-order valence-corrected chi connectivity index (χ2v) is 3.82. The molecule has 0 atom stereocenters. The lowest BCUT2D eigenvalue weighted by atomic mass is 10.1. The quantitative estimate of drug-likeness (QED) is 0.839. The zero-order chi connectivity index (χ0) is 10.4. The SMILES string of the molecule is O=C(O)C=CCCc1cccc(Br)c1. The van der Waals surface area contributed by atoms with Crippen LogP contribution in [0.5, 0.6) is 0 Å². The fraction of sp³-hybridized carbons (Fsp3) is 0.182. The Labute approximate surface area is 91.4 Å². The number of aryl methyl sites for hydroxylation is 1. The van der Waals surface area contributed by atoms with Gasteiger partial charge in [-0.25, -0.2) is 4.79 Å². The van der Waals surface area contributed by atoms with Crippen LogP contribution in [0.15, 0.2) is 40.9 Å². The van der Waals surface area contributed by atoms with Gasteiger partial charge in [-0.05, 0) is 30.5 Å². The van der Waals surface area contributed by atoms with Crippen LogP contribution in [-0.2, 0) is 11.2 Å². The summed E-state index contributed by atoms with van der Waals surface area (Å²) in [4.78, 5) is 10.2. The van der Waals surface area contributed by atoms with Gasteiger partial charge < -0.3 is 5.11 Å². The summed E-state index contributed by atoms with van der Waals surface area (Å²) >= 11 is 3.38. The van der Waals surface area contributed by atoms with Gasteiger partial charge in [0.05, 0.1) is 0 Å². The molecule has 0 fully saturated rings. The molecule has 1 N–H and O–H groups in total. The number of hydrogen-bond donors (Lipinski definition) is 1. The third-order valence-electron chi connectivity index (χ3n) is 1.75. The smallest absolute Gasteiger partial charge is 0.327 e. The summed E-state index contributed by atoms with van der Waals surface area (Å²) in [6.07, 6.45) is 4.47. The van der Waals surface area contributed by atoms with Crippen LogP contribution in [0.4, 0.5) is 0 Å². The van der Waals surface area contributed by atoms with Crippen molar-refractivity contribution in [2.24, 2.45) is 0 Å². The molecule has 0 amide bonds. The van der Waals surface area contributed by atoms with Gasteiger partial charge in [-0.3, -0.25) is 0 Å². The Balaban J connectivity index is 2.42. The molecular formula is C11H11BrO2. The molecule has 14 heavy (non-hydrogen) atoms. The van der Waals surface area contributed by atoms with Gasteiger partial charge in [0.25, 0.3) is 0 Å². The Hall–Kier alpha value is -1.09. The van der Waals surface area contributed by atoms with Gasteiger partial charge in [0.2, 0.25) is 0 Å². The van der Waals surface area contributed by atoms with Gasteiger partial charge in [-0.1, -0.05) is 34.1 Å². The molecule has 0 unspecified atom stereocenters. The second kappa shape index (κ2) is 5.60. The molecule has 1 rings (SSSR count). The van der Waals surface area contributed by atoms with Crippen molar-refractivity contribution in [3.8, 4) is 0 Å². The van der Waals surface area contributed by atoms with E-state index in [0.717, 1.165) is 17.3 Å². The van der Waals surface area contributed by atoms with Gasteiger partial charge in [0, 0.05) is 10.5 Å². The summed E-state index contributed by atoms with van der Waals surface area (Å²) in [6.45, 7) is 0. The zero-order valence-electron chi connectivity index (χ0n) is 7.61. The molecule has 74 valence electrons. The van der Waals surface area contributed by atoms with Crippen LogP contribution >= 0.6 is 15.9 Å². The highest BCUT2D eigenvalue weighted by atomic mass is 79.9. The number of rotatable bonds is 4. The summed E-state index contributed by atoms with van der Waals surface area (Å²) in [7, 11) is 0. The molecular weight excluding hydrogens is 244 g/mol. The predicted octanol–water partition coefficient (Wildman–Crippen LogP) is 3.02. The number of aliphatic carboxylic acids is 1. The molecule has 0 aromatic heterocycles. The third-order valence-corrected chi connectivity index (χ3v) is 2.24. The van der Waals surface area contributed by atoms with E-state index in [2.05, 4.69) is 15.9 Å². The first kappa shape index (κ1) is 11.0. The summed E-state index contributed by atoms with van der Waals surface area (Å²) in [6, 6.07) is 8.00. The molecule has 0 aliphatic rings. The highest BCUT2D eigenvalue weighted by molar-refractivity contribution is 9.10. The Kier molecular flexibility index (Phi) is 4.40. The van der Waals surface area contributed by atoms with E-state index in [1.165, 1.54) is 11.6 Å². The molecule has 1 aromatic rings. The van der Waals surface area contributed by atoms with Crippen LogP contribution in [0, 0.1) is 0 Å². The molecule has 0 aliphatic heterocycles. The van der Waals surface area contributed by atoms with Crippen molar-refractivity contribution < 1.29 is 9.90 Å². The Bertz CT molecular complexity index is 345. The van der Waals surface area contributed by atoms with Crippen molar-refractivity contribution in [1.82, 2.24) is 0 Å². The molecule has 0 radical (unpaired) electrons. The van der Waals surface area contributed by atoms with Crippen LogP contribution in [-0.4, -0.2) is 11.1 Å². The van der Waals surface area contributed by atoms with E-state index in [1.54, 1.807) is 6.08 Å². The van der Waals surface area contributed by atoms with Gasteiger partial charge in [-0.15, -0.1) is 0 Å². The lowest BCUT2D eigenvalue weighted by Crippen LogP contribution is -1.87. The van der Waals surface area contributed by atoms with Crippen molar-refractivity contribution in [3.05, 3.63) is 46.5 Å². The van der Waals surface area contributed by atoms with E-state index in [-0.39, 0.29) is 0 Å². The van der Waals surface area contributed by atoms with Crippen LogP contribution in [0.3, 0.4) is 0 Å². The van der Waals surface area contributed by atoms with Gasteiger partial charge in [-0.2, -0.15) is 0 Å². The van der Waals surface area contributed by atoms with Crippen molar-refractivity contribution in [2.75, 3.05) is 0 Å². The Morgan fingerprint density at radius 1 is 1.50 bits per heavy atom. The molecule has 0 heterocycles. The number of benzene rings is 1. The average molecular weight is 255 g/mol. The van der Waals surface area contributed by atoms with Crippen molar-refractivity contribution >= 4 is 21.9 Å². The first-order chi connectivity index (χ1) is 6.68. The van der Waals surface area contributed by atoms with Crippen LogP contribution in [0.25, 0.3) is 0 Å². The normalized spacial score (nSPS) is 10.6. The molecule has 0 saturated carbocycles. The third kappa shape index (κ3) is 4.23. The molecule has 0 aliphatic carbocycles. The minimum atomic E-state index is -0.890.